The van der Waals surface area contributed by atoms with Crippen molar-refractivity contribution in [2.75, 3.05) is 13.7 Å². The van der Waals surface area contributed by atoms with E-state index in [-0.39, 0.29) is 23.2 Å². The number of carbonyl (C=O) groups is 1. The molecule has 0 heterocycles. The lowest BCUT2D eigenvalue weighted by atomic mass is 9.90. The quantitative estimate of drug-likeness (QED) is 0.382. The van der Waals surface area contributed by atoms with Crippen LogP contribution in [0.25, 0.3) is 0 Å². The highest BCUT2D eigenvalue weighted by Crippen LogP contribution is 2.39. The van der Waals surface area contributed by atoms with E-state index in [0.717, 1.165) is 37.9 Å². The van der Waals surface area contributed by atoms with Crippen LogP contribution in [0.4, 0.5) is 0 Å². The van der Waals surface area contributed by atoms with E-state index in [2.05, 4.69) is 4.74 Å². The predicted molar refractivity (Wildman–Crippen MR) is 98.9 cm³/mol. The number of esters is 1. The maximum absolute atomic E-state index is 11.1. The molecule has 1 aliphatic carbocycles. The maximum atomic E-state index is 11.1. The summed E-state index contributed by atoms with van der Waals surface area (Å²) in [5.74, 6) is 1.05. The Morgan fingerprint density at radius 3 is 2.60 bits per heavy atom. The molecule has 2 rings (SSSR count). The van der Waals surface area contributed by atoms with Crippen LogP contribution in [0.15, 0.2) is 30.3 Å². The molecule has 5 heteroatoms. The number of methoxy groups -OCH3 is 1. The number of hydrogen-bond donors (Lipinski definition) is 1. The predicted octanol–water partition coefficient (Wildman–Crippen LogP) is 4.18. The zero-order valence-electron chi connectivity index (χ0n) is 14.9. The van der Waals surface area contributed by atoms with Gasteiger partial charge in [-0.2, -0.15) is 0 Å². The first-order valence-corrected chi connectivity index (χ1v) is 9.62. The van der Waals surface area contributed by atoms with Crippen molar-refractivity contribution in [2.45, 2.75) is 56.4 Å². The molecule has 1 aliphatic rings. The Balaban J connectivity index is 1.72. The Labute approximate surface area is 155 Å². The molecule has 0 amide bonds. The average Bonchev–Trinajstić information content (AvgIpc) is 2.89. The van der Waals surface area contributed by atoms with Gasteiger partial charge in [0.15, 0.2) is 0 Å². The highest BCUT2D eigenvalue weighted by atomic mass is 35.5. The Morgan fingerprint density at radius 1 is 1.16 bits per heavy atom. The highest BCUT2D eigenvalue weighted by molar-refractivity contribution is 6.21. The van der Waals surface area contributed by atoms with Crippen LogP contribution in [0, 0.1) is 11.8 Å². The molecule has 25 heavy (non-hydrogen) atoms. The molecule has 1 fully saturated rings. The van der Waals surface area contributed by atoms with Crippen LogP contribution in [0.1, 0.15) is 44.9 Å². The van der Waals surface area contributed by atoms with Crippen LogP contribution in [0.3, 0.4) is 0 Å². The minimum Gasteiger partial charge on any atom is -0.493 e. The second-order valence-electron chi connectivity index (χ2n) is 6.80. The maximum Gasteiger partial charge on any atom is 0.305 e. The molecule has 0 saturated heterocycles. The monoisotopic (exact) mass is 368 g/mol. The van der Waals surface area contributed by atoms with Crippen LogP contribution >= 0.6 is 11.6 Å². The van der Waals surface area contributed by atoms with Gasteiger partial charge in [-0.1, -0.05) is 37.5 Å². The first-order chi connectivity index (χ1) is 12.1. The van der Waals surface area contributed by atoms with Crippen LogP contribution < -0.4 is 4.74 Å². The number of benzene rings is 1. The molecule has 4 nitrogen and oxygen atoms in total. The number of ether oxygens (including phenoxy) is 2. The summed E-state index contributed by atoms with van der Waals surface area (Å²) in [6.07, 6.45) is 5.74. The van der Waals surface area contributed by atoms with Crippen molar-refractivity contribution >= 4 is 17.6 Å². The van der Waals surface area contributed by atoms with Gasteiger partial charge in [-0.25, -0.2) is 0 Å². The summed E-state index contributed by atoms with van der Waals surface area (Å²) < 4.78 is 10.5. The van der Waals surface area contributed by atoms with Crippen molar-refractivity contribution in [3.05, 3.63) is 30.3 Å². The fraction of sp³-hybridized carbons (Fsp3) is 0.650. The summed E-state index contributed by atoms with van der Waals surface area (Å²) in [4.78, 5) is 11.1. The first kappa shape index (κ1) is 20.1. The number of rotatable bonds is 10. The third kappa shape index (κ3) is 6.52. The Bertz CT molecular complexity index is 508. The van der Waals surface area contributed by atoms with Crippen molar-refractivity contribution < 1.29 is 19.4 Å². The van der Waals surface area contributed by atoms with Crippen LogP contribution in [-0.4, -0.2) is 36.3 Å². The molecule has 1 N–H and O–H groups in total. The SMILES string of the molecule is COC(=O)CCCCCCC1C(Cl)CC(O)C1COc1ccccc1. The third-order valence-corrected chi connectivity index (χ3v) is 5.56. The highest BCUT2D eigenvalue weighted by Gasteiger charge is 2.41. The van der Waals surface area contributed by atoms with Gasteiger partial charge in [-0.05, 0) is 37.3 Å². The molecule has 1 aromatic carbocycles. The van der Waals surface area contributed by atoms with Gasteiger partial charge in [-0.15, -0.1) is 11.6 Å². The number of carbonyl (C=O) groups excluding carboxylic acids is 1. The summed E-state index contributed by atoms with van der Waals surface area (Å²) in [7, 11) is 1.42. The summed E-state index contributed by atoms with van der Waals surface area (Å²) in [5.41, 5.74) is 0. The number of halogens is 1. The van der Waals surface area contributed by atoms with Crippen molar-refractivity contribution in [3.8, 4) is 5.75 Å². The molecule has 0 aliphatic heterocycles. The summed E-state index contributed by atoms with van der Waals surface area (Å²) in [6.45, 7) is 0.501. The molecule has 4 atom stereocenters. The van der Waals surface area contributed by atoms with E-state index >= 15 is 0 Å². The Morgan fingerprint density at radius 2 is 1.88 bits per heavy atom. The molecule has 0 radical (unpaired) electrons. The fourth-order valence-electron chi connectivity index (χ4n) is 3.58. The third-order valence-electron chi connectivity index (χ3n) is 5.06. The van der Waals surface area contributed by atoms with Gasteiger partial charge in [0, 0.05) is 17.7 Å². The number of hydrogen-bond acceptors (Lipinski definition) is 4. The second-order valence-corrected chi connectivity index (χ2v) is 7.36. The summed E-state index contributed by atoms with van der Waals surface area (Å²) in [5, 5.41) is 10.3. The van der Waals surface area contributed by atoms with Gasteiger partial charge < -0.3 is 14.6 Å². The lowest BCUT2D eigenvalue weighted by Crippen LogP contribution is -2.27. The van der Waals surface area contributed by atoms with Crippen molar-refractivity contribution in [1.82, 2.24) is 0 Å². The van der Waals surface area contributed by atoms with E-state index in [9.17, 15) is 9.90 Å². The number of para-hydroxylation sites is 1. The molecule has 0 spiro atoms. The van der Waals surface area contributed by atoms with Crippen molar-refractivity contribution in [3.63, 3.8) is 0 Å². The number of aliphatic hydroxyl groups excluding tert-OH is 1. The van der Waals surface area contributed by atoms with Crippen LogP contribution in [0.5, 0.6) is 5.75 Å². The van der Waals surface area contributed by atoms with Crippen LogP contribution in [-0.2, 0) is 9.53 Å². The van der Waals surface area contributed by atoms with E-state index in [4.69, 9.17) is 16.3 Å². The molecule has 1 aromatic rings. The molecule has 0 aromatic heterocycles. The second kappa shape index (κ2) is 10.7. The van der Waals surface area contributed by atoms with Crippen molar-refractivity contribution in [2.24, 2.45) is 11.8 Å². The van der Waals surface area contributed by atoms with E-state index in [1.165, 1.54) is 7.11 Å². The summed E-state index contributed by atoms with van der Waals surface area (Å²) >= 11 is 6.47. The number of unbranched alkanes of at least 4 members (excludes halogenated alkanes) is 3. The van der Waals surface area contributed by atoms with E-state index in [0.29, 0.717) is 19.4 Å². The molecule has 1 saturated carbocycles. The standard InChI is InChI=1S/C20H29ClO4/c1-24-20(23)12-8-3-2-7-11-16-17(19(22)13-18(16)21)14-25-15-9-5-4-6-10-15/h4-6,9-10,16-19,22H,2-3,7-8,11-14H2,1H3. The molecule has 4 unspecified atom stereocenters. The minimum absolute atomic E-state index is 0.00874. The Hall–Kier alpha value is -1.26. The molecule has 140 valence electrons. The van der Waals surface area contributed by atoms with Gasteiger partial charge >= 0.3 is 5.97 Å². The molecule has 0 bridgehead atoms. The lowest BCUT2D eigenvalue weighted by molar-refractivity contribution is -0.140. The molecular formula is C20H29ClO4. The fourth-order valence-corrected chi connectivity index (χ4v) is 4.07. The molecular weight excluding hydrogens is 340 g/mol. The van der Waals surface area contributed by atoms with Gasteiger partial charge in [0.25, 0.3) is 0 Å². The van der Waals surface area contributed by atoms with Gasteiger partial charge in [0.05, 0.1) is 19.8 Å². The van der Waals surface area contributed by atoms with Gasteiger partial charge in [0.2, 0.25) is 0 Å². The average molecular weight is 369 g/mol. The van der Waals surface area contributed by atoms with Crippen molar-refractivity contribution in [1.29, 1.82) is 0 Å². The van der Waals surface area contributed by atoms with E-state index in [1.54, 1.807) is 0 Å². The largest absolute Gasteiger partial charge is 0.493 e. The van der Waals surface area contributed by atoms with Gasteiger partial charge in [-0.3, -0.25) is 4.79 Å². The minimum atomic E-state index is -0.393. The zero-order chi connectivity index (χ0) is 18.1. The number of alkyl halides is 1. The van der Waals surface area contributed by atoms with E-state index < -0.39 is 6.10 Å². The first-order valence-electron chi connectivity index (χ1n) is 9.18. The summed E-state index contributed by atoms with van der Waals surface area (Å²) in [6, 6.07) is 9.69. The topological polar surface area (TPSA) is 55.8 Å². The number of aliphatic hydroxyl groups is 1. The normalized spacial score (nSPS) is 25.7. The zero-order valence-corrected chi connectivity index (χ0v) is 15.7. The smallest absolute Gasteiger partial charge is 0.305 e. The van der Waals surface area contributed by atoms with Gasteiger partial charge in [0.1, 0.15) is 5.75 Å². The van der Waals surface area contributed by atoms with E-state index in [1.807, 2.05) is 30.3 Å². The lowest BCUT2D eigenvalue weighted by Gasteiger charge is -2.23. The van der Waals surface area contributed by atoms with Crippen LogP contribution in [0.2, 0.25) is 0 Å². The Kier molecular flexibility index (Phi) is 8.56.